The Balaban J connectivity index is 1.97. The van der Waals surface area contributed by atoms with Crippen LogP contribution in [0.2, 0.25) is 0 Å². The van der Waals surface area contributed by atoms with Gasteiger partial charge in [-0.25, -0.2) is 0 Å². The van der Waals surface area contributed by atoms with Gasteiger partial charge in [-0.15, -0.1) is 10.2 Å². The van der Waals surface area contributed by atoms with Gasteiger partial charge >= 0.3 is 0 Å². The Bertz CT molecular complexity index is 315. The Kier molecular flexibility index (Phi) is 3.53. The number of aryl methyl sites for hydroxylation is 1. The van der Waals surface area contributed by atoms with Crippen LogP contribution >= 0.6 is 11.3 Å². The van der Waals surface area contributed by atoms with E-state index < -0.39 is 0 Å². The summed E-state index contributed by atoms with van der Waals surface area (Å²) in [5, 5.41) is 9.57. The number of ether oxygens (including phenoxy) is 1. The Morgan fingerprint density at radius 2 is 2.20 bits per heavy atom. The third-order valence-corrected chi connectivity index (χ3v) is 3.63. The second-order valence-corrected chi connectivity index (χ2v) is 5.17. The fourth-order valence-electron chi connectivity index (χ4n) is 2.05. The second-order valence-electron chi connectivity index (χ2n) is 4.02. The highest BCUT2D eigenvalue weighted by molar-refractivity contribution is 7.12. The van der Waals surface area contributed by atoms with Crippen molar-refractivity contribution < 1.29 is 4.74 Å². The molecule has 0 aromatic carbocycles. The van der Waals surface area contributed by atoms with E-state index in [1.54, 1.807) is 0 Å². The van der Waals surface area contributed by atoms with Gasteiger partial charge < -0.3 is 10.5 Å². The van der Waals surface area contributed by atoms with Crippen molar-refractivity contribution in [3.05, 3.63) is 5.01 Å². The van der Waals surface area contributed by atoms with Crippen molar-refractivity contribution in [2.24, 2.45) is 11.7 Å². The normalized spacial score (nSPS) is 26.5. The summed E-state index contributed by atoms with van der Waals surface area (Å²) in [4.78, 5) is 0. The highest BCUT2D eigenvalue weighted by Crippen LogP contribution is 2.28. The fraction of sp³-hybridized carbons (Fsp3) is 0.800. The van der Waals surface area contributed by atoms with E-state index >= 15 is 0 Å². The minimum atomic E-state index is 0.246. The van der Waals surface area contributed by atoms with Gasteiger partial charge in [-0.1, -0.05) is 17.8 Å². The molecule has 1 aliphatic carbocycles. The summed E-state index contributed by atoms with van der Waals surface area (Å²) in [6.07, 6.45) is 5.03. The third kappa shape index (κ3) is 2.66. The molecule has 2 rings (SSSR count). The first-order valence-electron chi connectivity index (χ1n) is 5.46. The van der Waals surface area contributed by atoms with Gasteiger partial charge in [0.25, 0.3) is 5.19 Å². The van der Waals surface area contributed by atoms with Crippen LogP contribution in [0.3, 0.4) is 0 Å². The molecule has 1 saturated carbocycles. The molecule has 0 radical (unpaired) electrons. The molecule has 1 aromatic heterocycles. The van der Waals surface area contributed by atoms with Crippen LogP contribution in [0.15, 0.2) is 0 Å². The number of nitrogens with two attached hydrogens (primary N) is 1. The highest BCUT2D eigenvalue weighted by atomic mass is 32.1. The van der Waals surface area contributed by atoms with E-state index in [1.807, 2.05) is 6.92 Å². The maximum Gasteiger partial charge on any atom is 0.294 e. The lowest BCUT2D eigenvalue weighted by Gasteiger charge is -2.29. The fourth-order valence-corrected chi connectivity index (χ4v) is 2.64. The molecule has 0 aliphatic heterocycles. The quantitative estimate of drug-likeness (QED) is 0.854. The molecular weight excluding hydrogens is 210 g/mol. The smallest absolute Gasteiger partial charge is 0.294 e. The maximum absolute atomic E-state index is 5.84. The first kappa shape index (κ1) is 10.8. The lowest BCUT2D eigenvalue weighted by atomic mass is 9.86. The zero-order valence-corrected chi connectivity index (χ0v) is 9.80. The van der Waals surface area contributed by atoms with Gasteiger partial charge in [0.1, 0.15) is 11.1 Å². The van der Waals surface area contributed by atoms with Crippen molar-refractivity contribution in [2.45, 2.75) is 38.7 Å². The van der Waals surface area contributed by atoms with Crippen LogP contribution in [-0.2, 0) is 0 Å². The predicted octanol–water partition coefficient (Wildman–Crippen LogP) is 1.74. The van der Waals surface area contributed by atoms with Crippen LogP contribution in [0.4, 0.5) is 0 Å². The van der Waals surface area contributed by atoms with Crippen LogP contribution in [0.1, 0.15) is 30.7 Å². The summed E-state index contributed by atoms with van der Waals surface area (Å²) in [6.45, 7) is 2.65. The molecule has 1 fully saturated rings. The summed E-state index contributed by atoms with van der Waals surface area (Å²) in [7, 11) is 0. The minimum Gasteiger partial charge on any atom is -0.465 e. The zero-order chi connectivity index (χ0) is 10.7. The summed E-state index contributed by atoms with van der Waals surface area (Å²) in [5.74, 6) is 0.489. The van der Waals surface area contributed by atoms with E-state index in [9.17, 15) is 0 Å². The van der Waals surface area contributed by atoms with Crippen molar-refractivity contribution in [3.8, 4) is 5.19 Å². The summed E-state index contributed by atoms with van der Waals surface area (Å²) in [6, 6.07) is 0. The molecule has 1 aliphatic rings. The number of aromatic nitrogens is 2. The monoisotopic (exact) mass is 227 g/mol. The van der Waals surface area contributed by atoms with Gasteiger partial charge in [0.05, 0.1) is 0 Å². The molecule has 1 aromatic rings. The van der Waals surface area contributed by atoms with Gasteiger partial charge in [-0.3, -0.25) is 0 Å². The van der Waals surface area contributed by atoms with E-state index in [2.05, 4.69) is 10.2 Å². The van der Waals surface area contributed by atoms with Gasteiger partial charge in [-0.2, -0.15) is 0 Å². The van der Waals surface area contributed by atoms with Gasteiger partial charge in [0.2, 0.25) is 0 Å². The molecule has 2 N–H and O–H groups in total. The van der Waals surface area contributed by atoms with Crippen molar-refractivity contribution in [1.29, 1.82) is 0 Å². The van der Waals surface area contributed by atoms with E-state index in [0.29, 0.717) is 17.7 Å². The van der Waals surface area contributed by atoms with Crippen molar-refractivity contribution >= 4 is 11.3 Å². The molecule has 5 heteroatoms. The Hall–Kier alpha value is -0.680. The first-order chi connectivity index (χ1) is 7.29. The summed E-state index contributed by atoms with van der Waals surface area (Å²) < 4.78 is 5.84. The molecular formula is C10H17N3OS. The number of rotatable bonds is 3. The molecule has 2 unspecified atom stereocenters. The van der Waals surface area contributed by atoms with Gasteiger partial charge in [0, 0.05) is 5.92 Å². The number of hydrogen-bond acceptors (Lipinski definition) is 5. The summed E-state index contributed by atoms with van der Waals surface area (Å²) in [5.41, 5.74) is 5.74. The Morgan fingerprint density at radius 3 is 2.87 bits per heavy atom. The van der Waals surface area contributed by atoms with Gasteiger partial charge in [-0.05, 0) is 32.7 Å². The average molecular weight is 227 g/mol. The lowest BCUT2D eigenvalue weighted by molar-refractivity contribution is 0.0959. The Morgan fingerprint density at radius 1 is 1.40 bits per heavy atom. The van der Waals surface area contributed by atoms with E-state index in [0.717, 1.165) is 11.4 Å². The van der Waals surface area contributed by atoms with Crippen LogP contribution in [0.5, 0.6) is 5.19 Å². The van der Waals surface area contributed by atoms with Crippen molar-refractivity contribution in [2.75, 3.05) is 6.54 Å². The first-order valence-corrected chi connectivity index (χ1v) is 6.28. The summed E-state index contributed by atoms with van der Waals surface area (Å²) >= 11 is 1.51. The maximum atomic E-state index is 5.84. The standard InChI is InChI=1S/C10H17N3OS/c1-7-12-13-10(15-7)14-9-5-3-2-4-8(9)6-11/h8-9H,2-6,11H2,1H3. The second kappa shape index (κ2) is 4.90. The zero-order valence-electron chi connectivity index (χ0n) is 8.98. The van der Waals surface area contributed by atoms with Crippen molar-refractivity contribution in [3.63, 3.8) is 0 Å². The van der Waals surface area contributed by atoms with Crippen molar-refractivity contribution in [1.82, 2.24) is 10.2 Å². The van der Waals surface area contributed by atoms with E-state index in [4.69, 9.17) is 10.5 Å². The number of nitrogens with zero attached hydrogens (tertiary/aromatic N) is 2. The molecule has 0 bridgehead atoms. The molecule has 0 saturated heterocycles. The largest absolute Gasteiger partial charge is 0.465 e. The molecule has 4 nitrogen and oxygen atoms in total. The third-order valence-electron chi connectivity index (χ3n) is 2.90. The molecule has 15 heavy (non-hydrogen) atoms. The molecule has 0 spiro atoms. The van der Waals surface area contributed by atoms with E-state index in [1.165, 1.54) is 30.6 Å². The molecule has 2 atom stereocenters. The van der Waals surface area contributed by atoms with Crippen LogP contribution in [0, 0.1) is 12.8 Å². The highest BCUT2D eigenvalue weighted by Gasteiger charge is 2.26. The lowest BCUT2D eigenvalue weighted by Crippen LogP contribution is -2.35. The predicted molar refractivity (Wildman–Crippen MR) is 60.1 cm³/mol. The van der Waals surface area contributed by atoms with Gasteiger partial charge in [0.15, 0.2) is 0 Å². The average Bonchev–Trinajstić information content (AvgIpc) is 2.65. The van der Waals surface area contributed by atoms with Crippen LogP contribution < -0.4 is 10.5 Å². The molecule has 1 heterocycles. The number of hydrogen-bond donors (Lipinski definition) is 1. The topological polar surface area (TPSA) is 61.0 Å². The van der Waals surface area contributed by atoms with Crippen LogP contribution in [0.25, 0.3) is 0 Å². The molecule has 0 amide bonds. The Labute approximate surface area is 93.8 Å². The molecule has 84 valence electrons. The van der Waals surface area contributed by atoms with E-state index in [-0.39, 0.29) is 6.10 Å². The SMILES string of the molecule is Cc1nnc(OC2CCCCC2CN)s1. The van der Waals surface area contributed by atoms with Crippen LogP contribution in [-0.4, -0.2) is 22.8 Å². The minimum absolute atomic E-state index is 0.246.